The number of hydrogen-bond donors (Lipinski definition) is 0. The van der Waals surface area contributed by atoms with E-state index in [-0.39, 0.29) is 0 Å². The van der Waals surface area contributed by atoms with Gasteiger partial charge in [-0.15, -0.1) is 0 Å². The number of rotatable bonds is 2. The summed E-state index contributed by atoms with van der Waals surface area (Å²) in [5, 5.41) is 4.27. The fraction of sp³-hybridized carbons (Fsp3) is 0.167. The zero-order valence-corrected chi connectivity index (χ0v) is 9.04. The lowest BCUT2D eigenvalue weighted by Gasteiger charge is -1.98. The molecule has 0 aliphatic rings. The van der Waals surface area contributed by atoms with Crippen molar-refractivity contribution in [2.24, 2.45) is 0 Å². The van der Waals surface area contributed by atoms with Gasteiger partial charge in [0.2, 0.25) is 0 Å². The molecule has 0 aliphatic heterocycles. The molecule has 0 aliphatic carbocycles. The molecule has 0 saturated heterocycles. The standard InChI is InChI=1S/C12H12N4/c1-2-16-9-11(8-14-16)10-3-5-15-6-4-13-12(15)7-10/h3-9H,2H2,1H3. The topological polar surface area (TPSA) is 35.1 Å². The Bertz CT molecular complexity index is 621. The van der Waals surface area contributed by atoms with Gasteiger partial charge in [-0.1, -0.05) is 0 Å². The molecule has 3 heterocycles. The highest BCUT2D eigenvalue weighted by molar-refractivity contribution is 5.65. The van der Waals surface area contributed by atoms with Gasteiger partial charge in [0.25, 0.3) is 0 Å². The second-order valence-corrected chi connectivity index (χ2v) is 3.69. The van der Waals surface area contributed by atoms with E-state index in [1.54, 1.807) is 6.20 Å². The van der Waals surface area contributed by atoms with Crippen molar-refractivity contribution in [1.29, 1.82) is 0 Å². The number of pyridine rings is 1. The lowest BCUT2D eigenvalue weighted by Crippen LogP contribution is -1.92. The summed E-state index contributed by atoms with van der Waals surface area (Å²) in [5.74, 6) is 0. The van der Waals surface area contributed by atoms with Crippen LogP contribution < -0.4 is 0 Å². The number of hydrogen-bond acceptors (Lipinski definition) is 2. The van der Waals surface area contributed by atoms with Gasteiger partial charge in [0, 0.05) is 36.9 Å². The molecule has 0 unspecified atom stereocenters. The normalized spacial score (nSPS) is 11.1. The Morgan fingerprint density at radius 1 is 1.25 bits per heavy atom. The van der Waals surface area contributed by atoms with E-state index < -0.39 is 0 Å². The summed E-state index contributed by atoms with van der Waals surface area (Å²) in [6, 6.07) is 4.14. The van der Waals surface area contributed by atoms with Gasteiger partial charge in [-0.05, 0) is 24.6 Å². The molecule has 0 N–H and O–H groups in total. The van der Waals surface area contributed by atoms with Crippen LogP contribution in [-0.4, -0.2) is 19.2 Å². The highest BCUT2D eigenvalue weighted by Crippen LogP contribution is 2.19. The smallest absolute Gasteiger partial charge is 0.137 e. The second-order valence-electron chi connectivity index (χ2n) is 3.69. The summed E-state index contributed by atoms with van der Waals surface area (Å²) in [5.41, 5.74) is 3.24. The van der Waals surface area contributed by atoms with E-state index in [1.165, 1.54) is 0 Å². The van der Waals surface area contributed by atoms with E-state index in [0.29, 0.717) is 0 Å². The van der Waals surface area contributed by atoms with E-state index in [1.807, 2.05) is 27.7 Å². The lowest BCUT2D eigenvalue weighted by molar-refractivity contribution is 0.660. The molecule has 0 spiro atoms. The summed E-state index contributed by atoms with van der Waals surface area (Å²) in [7, 11) is 0. The third-order valence-corrected chi connectivity index (χ3v) is 2.69. The SMILES string of the molecule is CCn1cc(-c2ccn3ccnc3c2)cn1. The van der Waals surface area contributed by atoms with Crippen molar-refractivity contribution in [2.75, 3.05) is 0 Å². The third kappa shape index (κ3) is 1.39. The molecule has 0 saturated carbocycles. The zero-order valence-electron chi connectivity index (χ0n) is 9.04. The van der Waals surface area contributed by atoms with Crippen molar-refractivity contribution in [2.45, 2.75) is 13.5 Å². The summed E-state index contributed by atoms with van der Waals surface area (Å²) >= 11 is 0. The molecular formula is C12H12N4. The van der Waals surface area contributed by atoms with Gasteiger partial charge in [-0.2, -0.15) is 5.10 Å². The number of imidazole rings is 1. The quantitative estimate of drug-likeness (QED) is 0.653. The van der Waals surface area contributed by atoms with E-state index in [2.05, 4.69) is 35.3 Å². The number of nitrogens with zero attached hydrogens (tertiary/aromatic N) is 4. The van der Waals surface area contributed by atoms with Crippen LogP contribution in [0.2, 0.25) is 0 Å². The highest BCUT2D eigenvalue weighted by Gasteiger charge is 2.02. The van der Waals surface area contributed by atoms with Gasteiger partial charge in [-0.3, -0.25) is 4.68 Å². The minimum absolute atomic E-state index is 0.894. The van der Waals surface area contributed by atoms with Crippen LogP contribution in [0.5, 0.6) is 0 Å². The van der Waals surface area contributed by atoms with Crippen molar-refractivity contribution in [3.05, 3.63) is 43.1 Å². The molecule has 0 atom stereocenters. The first-order chi connectivity index (χ1) is 7.86. The maximum atomic E-state index is 4.27. The minimum atomic E-state index is 0.894. The van der Waals surface area contributed by atoms with Crippen LogP contribution in [0.3, 0.4) is 0 Å². The molecule has 16 heavy (non-hydrogen) atoms. The van der Waals surface area contributed by atoms with Crippen molar-refractivity contribution in [3.63, 3.8) is 0 Å². The Hall–Kier alpha value is -2.10. The van der Waals surface area contributed by atoms with Crippen LogP contribution in [0.1, 0.15) is 6.92 Å². The number of aromatic nitrogens is 4. The molecule has 4 heteroatoms. The second kappa shape index (κ2) is 3.48. The van der Waals surface area contributed by atoms with E-state index in [9.17, 15) is 0 Å². The molecular weight excluding hydrogens is 200 g/mol. The molecule has 0 bridgehead atoms. The highest BCUT2D eigenvalue weighted by atomic mass is 15.3. The Kier molecular flexibility index (Phi) is 1.99. The first-order valence-electron chi connectivity index (χ1n) is 5.32. The van der Waals surface area contributed by atoms with Crippen molar-refractivity contribution in [1.82, 2.24) is 19.2 Å². The maximum absolute atomic E-state index is 4.27. The number of fused-ring (bicyclic) bond motifs is 1. The molecule has 3 rings (SSSR count). The fourth-order valence-corrected chi connectivity index (χ4v) is 1.78. The largest absolute Gasteiger partial charge is 0.307 e. The van der Waals surface area contributed by atoms with Crippen LogP contribution in [0, 0.1) is 0 Å². The Balaban J connectivity index is 2.10. The van der Waals surface area contributed by atoms with Gasteiger partial charge in [-0.25, -0.2) is 4.98 Å². The van der Waals surface area contributed by atoms with E-state index >= 15 is 0 Å². The van der Waals surface area contributed by atoms with Crippen LogP contribution in [0.25, 0.3) is 16.8 Å². The van der Waals surface area contributed by atoms with Gasteiger partial charge in [0.05, 0.1) is 6.20 Å². The van der Waals surface area contributed by atoms with E-state index in [4.69, 9.17) is 0 Å². The minimum Gasteiger partial charge on any atom is -0.307 e. The monoisotopic (exact) mass is 212 g/mol. The first-order valence-corrected chi connectivity index (χ1v) is 5.32. The summed E-state index contributed by atoms with van der Waals surface area (Å²) in [4.78, 5) is 4.27. The van der Waals surface area contributed by atoms with Crippen LogP contribution in [-0.2, 0) is 6.54 Å². The molecule has 4 nitrogen and oxygen atoms in total. The zero-order chi connectivity index (χ0) is 11.0. The fourth-order valence-electron chi connectivity index (χ4n) is 1.78. The Morgan fingerprint density at radius 2 is 2.19 bits per heavy atom. The van der Waals surface area contributed by atoms with Crippen molar-refractivity contribution >= 4 is 5.65 Å². The molecule has 3 aromatic heterocycles. The predicted molar refractivity (Wildman–Crippen MR) is 62.1 cm³/mol. The summed E-state index contributed by atoms with van der Waals surface area (Å²) < 4.78 is 3.92. The average Bonchev–Trinajstić information content (AvgIpc) is 2.96. The molecule has 0 aromatic carbocycles. The Morgan fingerprint density at radius 3 is 3.00 bits per heavy atom. The van der Waals surface area contributed by atoms with Crippen LogP contribution in [0.4, 0.5) is 0 Å². The molecule has 0 radical (unpaired) electrons. The van der Waals surface area contributed by atoms with Crippen molar-refractivity contribution < 1.29 is 0 Å². The Labute approximate surface area is 93.2 Å². The molecule has 0 amide bonds. The summed E-state index contributed by atoms with van der Waals surface area (Å²) in [6.07, 6.45) is 9.69. The first kappa shape index (κ1) is 9.15. The van der Waals surface area contributed by atoms with Crippen LogP contribution >= 0.6 is 0 Å². The predicted octanol–water partition coefficient (Wildman–Crippen LogP) is 2.22. The third-order valence-electron chi connectivity index (χ3n) is 2.69. The van der Waals surface area contributed by atoms with Crippen molar-refractivity contribution in [3.8, 4) is 11.1 Å². The van der Waals surface area contributed by atoms with Gasteiger partial charge in [0.15, 0.2) is 0 Å². The number of aryl methyl sites for hydroxylation is 1. The molecule has 80 valence electrons. The van der Waals surface area contributed by atoms with Crippen LogP contribution in [0.15, 0.2) is 43.1 Å². The van der Waals surface area contributed by atoms with Gasteiger partial charge >= 0.3 is 0 Å². The van der Waals surface area contributed by atoms with Gasteiger partial charge < -0.3 is 4.40 Å². The molecule has 0 fully saturated rings. The van der Waals surface area contributed by atoms with Gasteiger partial charge in [0.1, 0.15) is 5.65 Å². The lowest BCUT2D eigenvalue weighted by atomic mass is 10.1. The maximum Gasteiger partial charge on any atom is 0.137 e. The van der Waals surface area contributed by atoms with E-state index in [0.717, 1.165) is 23.3 Å². The molecule has 3 aromatic rings. The average molecular weight is 212 g/mol. The summed E-state index contributed by atoms with van der Waals surface area (Å²) in [6.45, 7) is 2.97.